The van der Waals surface area contributed by atoms with Gasteiger partial charge in [0.2, 0.25) is 5.91 Å². The number of amides is 1. The number of Topliss-reactive ketones (excluding diaryl/α,β-unsaturated/α-hetero) is 1. The molecule has 1 aliphatic rings. The second kappa shape index (κ2) is 11.7. The Kier molecular flexibility index (Phi) is 9.39. The van der Waals surface area contributed by atoms with Gasteiger partial charge in [-0.05, 0) is 48.2 Å². The second-order valence-corrected chi connectivity index (χ2v) is 10.5. The Labute approximate surface area is 234 Å². The minimum absolute atomic E-state index is 0.00218. The van der Waals surface area contributed by atoms with Gasteiger partial charge in [0.05, 0.1) is 31.4 Å². The highest BCUT2D eigenvalue weighted by atomic mass is 35.5. The standard InChI is InChI=1S/C25H19Cl4F6NO2/c26-17-8-13(3-5-16(25(33,34)35)14-9-18(27)21(29)19(28)10-14)2-4-15(17)20(37)11-23(6-1-7-23)22(38)36-12-24(30,31)32/h2-5,8-10,16H,1,6-7,11-12H2,(H,36,38)/b5-3+. The number of ketones is 1. The van der Waals surface area contributed by atoms with Crippen LogP contribution in [0.3, 0.4) is 0 Å². The molecule has 1 aliphatic carbocycles. The fourth-order valence-electron chi connectivity index (χ4n) is 4.09. The lowest BCUT2D eigenvalue weighted by Crippen LogP contribution is -2.49. The third-order valence-corrected chi connectivity index (χ3v) is 7.74. The predicted molar refractivity (Wildman–Crippen MR) is 135 cm³/mol. The Morgan fingerprint density at radius 1 is 0.947 bits per heavy atom. The highest BCUT2D eigenvalue weighted by molar-refractivity contribution is 6.48. The van der Waals surface area contributed by atoms with Crippen LogP contribution in [0.15, 0.2) is 36.4 Å². The topological polar surface area (TPSA) is 46.2 Å². The number of benzene rings is 2. The maximum atomic E-state index is 13.8. The van der Waals surface area contributed by atoms with Crippen LogP contribution < -0.4 is 5.32 Å². The Bertz CT molecular complexity index is 1230. The van der Waals surface area contributed by atoms with E-state index in [0.717, 1.165) is 24.3 Å². The summed E-state index contributed by atoms with van der Waals surface area (Å²) < 4.78 is 78.8. The molecule has 1 amide bonds. The Balaban J connectivity index is 1.78. The first-order chi connectivity index (χ1) is 17.5. The van der Waals surface area contributed by atoms with Gasteiger partial charge in [0.15, 0.2) is 5.78 Å². The van der Waals surface area contributed by atoms with E-state index in [1.54, 1.807) is 0 Å². The van der Waals surface area contributed by atoms with Gasteiger partial charge in [0.25, 0.3) is 0 Å². The molecule has 1 saturated carbocycles. The molecule has 38 heavy (non-hydrogen) atoms. The van der Waals surface area contributed by atoms with Gasteiger partial charge in [-0.3, -0.25) is 9.59 Å². The van der Waals surface area contributed by atoms with Crippen molar-refractivity contribution in [3.05, 3.63) is 73.2 Å². The van der Waals surface area contributed by atoms with Crippen LogP contribution in [0.25, 0.3) is 6.08 Å². The number of hydrogen-bond donors (Lipinski definition) is 1. The maximum Gasteiger partial charge on any atom is 0.405 e. The van der Waals surface area contributed by atoms with Crippen LogP contribution in [0.1, 0.15) is 53.1 Å². The second-order valence-electron chi connectivity index (χ2n) is 8.95. The van der Waals surface area contributed by atoms with Crippen LogP contribution in [0.2, 0.25) is 20.1 Å². The molecule has 1 N–H and O–H groups in total. The van der Waals surface area contributed by atoms with Gasteiger partial charge in [-0.25, -0.2) is 0 Å². The van der Waals surface area contributed by atoms with E-state index < -0.39 is 41.9 Å². The summed E-state index contributed by atoms with van der Waals surface area (Å²) in [4.78, 5) is 25.3. The van der Waals surface area contributed by atoms with Crippen LogP contribution in [-0.4, -0.2) is 30.6 Å². The van der Waals surface area contributed by atoms with Crippen molar-refractivity contribution in [2.45, 2.75) is 44.0 Å². The summed E-state index contributed by atoms with van der Waals surface area (Å²) in [6.07, 6.45) is -6.52. The number of nitrogens with one attached hydrogen (secondary N) is 1. The molecule has 206 valence electrons. The minimum Gasteiger partial charge on any atom is -0.346 e. The van der Waals surface area contributed by atoms with Crippen molar-refractivity contribution in [3.8, 4) is 0 Å². The van der Waals surface area contributed by atoms with E-state index >= 15 is 0 Å². The molecule has 2 aromatic rings. The van der Waals surface area contributed by atoms with Crippen molar-refractivity contribution in [2.75, 3.05) is 6.54 Å². The summed E-state index contributed by atoms with van der Waals surface area (Å²) in [6, 6.07) is 6.06. The molecular weight excluding hydrogens is 602 g/mol. The molecule has 1 unspecified atom stereocenters. The average Bonchev–Trinajstić information content (AvgIpc) is 2.76. The third kappa shape index (κ3) is 7.37. The SMILES string of the molecule is O=C(CC1(C(=O)NCC(F)(F)F)CCC1)c1ccc(/C=C/C(c2cc(Cl)c(Cl)c(Cl)c2)C(F)(F)F)cc1Cl. The molecule has 0 aromatic heterocycles. The van der Waals surface area contributed by atoms with Crippen molar-refractivity contribution in [1.29, 1.82) is 0 Å². The van der Waals surface area contributed by atoms with Crippen LogP contribution in [0.5, 0.6) is 0 Å². The van der Waals surface area contributed by atoms with Crippen molar-refractivity contribution in [2.24, 2.45) is 5.41 Å². The Morgan fingerprint density at radius 2 is 1.55 bits per heavy atom. The molecule has 2 aromatic carbocycles. The first-order valence-electron chi connectivity index (χ1n) is 11.1. The number of halogens is 10. The van der Waals surface area contributed by atoms with Crippen LogP contribution >= 0.6 is 46.4 Å². The number of hydrogen-bond acceptors (Lipinski definition) is 2. The number of carbonyl (C=O) groups is 2. The smallest absolute Gasteiger partial charge is 0.346 e. The van der Waals surface area contributed by atoms with Gasteiger partial charge in [-0.15, -0.1) is 0 Å². The van der Waals surface area contributed by atoms with Gasteiger partial charge < -0.3 is 5.32 Å². The van der Waals surface area contributed by atoms with E-state index in [2.05, 4.69) is 0 Å². The zero-order valence-corrected chi connectivity index (χ0v) is 22.3. The molecule has 1 atom stereocenters. The van der Waals surface area contributed by atoms with Crippen molar-refractivity contribution in [3.63, 3.8) is 0 Å². The average molecular weight is 621 g/mol. The molecule has 1 fully saturated rings. The van der Waals surface area contributed by atoms with E-state index in [-0.39, 0.29) is 56.0 Å². The predicted octanol–water partition coefficient (Wildman–Crippen LogP) is 9.08. The fourth-order valence-corrected chi connectivity index (χ4v) is 5.00. The van der Waals surface area contributed by atoms with Crippen LogP contribution in [0.4, 0.5) is 26.3 Å². The molecule has 0 bridgehead atoms. The highest BCUT2D eigenvalue weighted by Gasteiger charge is 2.46. The summed E-state index contributed by atoms with van der Waals surface area (Å²) in [5.41, 5.74) is -1.25. The summed E-state index contributed by atoms with van der Waals surface area (Å²) in [5, 5.41) is 1.40. The molecule has 0 aliphatic heterocycles. The number of carbonyl (C=O) groups excluding carboxylic acids is 2. The molecule has 13 heteroatoms. The summed E-state index contributed by atoms with van der Waals surface area (Å²) in [5.74, 6) is -3.50. The van der Waals surface area contributed by atoms with E-state index in [0.29, 0.717) is 6.42 Å². The lowest BCUT2D eigenvalue weighted by molar-refractivity contribution is -0.148. The number of allylic oxidation sites excluding steroid dienone is 1. The lowest BCUT2D eigenvalue weighted by Gasteiger charge is -2.39. The maximum absolute atomic E-state index is 13.8. The quantitative estimate of drug-likeness (QED) is 0.182. The van der Waals surface area contributed by atoms with Crippen molar-refractivity contribution < 1.29 is 35.9 Å². The van der Waals surface area contributed by atoms with Gasteiger partial charge in [0.1, 0.15) is 6.54 Å². The van der Waals surface area contributed by atoms with Gasteiger partial charge in [-0.2, -0.15) is 26.3 Å². The summed E-state index contributed by atoms with van der Waals surface area (Å²) >= 11 is 23.8. The zero-order valence-electron chi connectivity index (χ0n) is 19.3. The summed E-state index contributed by atoms with van der Waals surface area (Å²) in [6.45, 7) is -1.50. The molecular formula is C25H19Cl4F6NO2. The number of rotatable bonds is 8. The third-order valence-electron chi connectivity index (χ3n) is 6.23. The molecule has 0 saturated heterocycles. The molecule has 0 spiro atoms. The van der Waals surface area contributed by atoms with E-state index in [1.165, 1.54) is 18.2 Å². The number of alkyl halides is 6. The Hall–Kier alpha value is -1.94. The molecule has 3 rings (SSSR count). The van der Waals surface area contributed by atoms with E-state index in [1.807, 2.05) is 5.32 Å². The lowest BCUT2D eigenvalue weighted by atomic mass is 9.64. The first-order valence-corrected chi connectivity index (χ1v) is 12.6. The van der Waals surface area contributed by atoms with Gasteiger partial charge in [0, 0.05) is 12.0 Å². The monoisotopic (exact) mass is 619 g/mol. The molecule has 0 radical (unpaired) electrons. The molecule has 0 heterocycles. The van der Waals surface area contributed by atoms with Crippen LogP contribution in [-0.2, 0) is 4.79 Å². The van der Waals surface area contributed by atoms with Gasteiger partial charge >= 0.3 is 12.4 Å². The first kappa shape index (κ1) is 30.6. The van der Waals surface area contributed by atoms with Crippen molar-refractivity contribution in [1.82, 2.24) is 5.32 Å². The van der Waals surface area contributed by atoms with E-state index in [9.17, 15) is 35.9 Å². The normalized spacial score (nSPS) is 16.3. The van der Waals surface area contributed by atoms with Crippen LogP contribution in [0, 0.1) is 5.41 Å². The highest BCUT2D eigenvalue weighted by Crippen LogP contribution is 2.46. The summed E-state index contributed by atoms with van der Waals surface area (Å²) in [7, 11) is 0. The van der Waals surface area contributed by atoms with E-state index in [4.69, 9.17) is 46.4 Å². The Morgan fingerprint density at radius 3 is 2.03 bits per heavy atom. The zero-order chi connectivity index (χ0) is 28.5. The minimum atomic E-state index is -4.69. The largest absolute Gasteiger partial charge is 0.405 e. The fraction of sp³-hybridized carbons (Fsp3) is 0.360. The van der Waals surface area contributed by atoms with Gasteiger partial charge in [-0.1, -0.05) is 71.0 Å². The van der Waals surface area contributed by atoms with Crippen molar-refractivity contribution >= 4 is 64.2 Å². The molecule has 3 nitrogen and oxygen atoms in total.